The lowest BCUT2D eigenvalue weighted by atomic mass is 10.4. The molecule has 16 heteroatoms. The van der Waals surface area contributed by atoms with Gasteiger partial charge in [-0.2, -0.15) is 0 Å². The topological polar surface area (TPSA) is 246 Å². The lowest BCUT2D eigenvalue weighted by Crippen LogP contribution is -1.93. The quantitative estimate of drug-likeness (QED) is 0.195. The SMILES string of the molecule is Nc1cnc2[nH]c(=O)oc2c1.O=c1[nH]c2ncc([N+](=O)[O-])cc2o1.O=c1[nH]c2ncccc2o1. The van der Waals surface area contributed by atoms with Crippen molar-refractivity contribution in [3.63, 3.8) is 0 Å². The first-order chi connectivity index (χ1) is 16.3. The van der Waals surface area contributed by atoms with Gasteiger partial charge in [-0.3, -0.25) is 25.1 Å². The zero-order chi connectivity index (χ0) is 24.2. The number of nitro groups is 1. The van der Waals surface area contributed by atoms with Crippen molar-refractivity contribution in [3.8, 4) is 0 Å². The molecule has 0 aromatic carbocycles. The summed E-state index contributed by atoms with van der Waals surface area (Å²) in [6.45, 7) is 0. The summed E-state index contributed by atoms with van der Waals surface area (Å²) in [5, 5.41) is 10.3. The van der Waals surface area contributed by atoms with Gasteiger partial charge in [0, 0.05) is 12.3 Å². The van der Waals surface area contributed by atoms with Crippen LogP contribution in [0.1, 0.15) is 0 Å². The van der Waals surface area contributed by atoms with E-state index in [0.29, 0.717) is 28.1 Å². The monoisotopic (exact) mass is 468 g/mol. The molecule has 0 aliphatic carbocycles. The summed E-state index contributed by atoms with van der Waals surface area (Å²) in [6.07, 6.45) is 4.09. The number of rotatable bonds is 1. The third-order valence-electron chi connectivity index (χ3n) is 3.96. The molecular weight excluding hydrogens is 456 g/mol. The smallest absolute Gasteiger partial charge is 0.406 e. The van der Waals surface area contributed by atoms with Crippen LogP contribution in [0.5, 0.6) is 0 Å². The van der Waals surface area contributed by atoms with Gasteiger partial charge in [-0.1, -0.05) is 0 Å². The van der Waals surface area contributed by atoms with Crippen LogP contribution in [0.3, 0.4) is 0 Å². The summed E-state index contributed by atoms with van der Waals surface area (Å²) in [7, 11) is 0. The predicted octanol–water partition coefficient (Wildman–Crippen LogP) is 1.04. The maximum absolute atomic E-state index is 10.6. The van der Waals surface area contributed by atoms with Gasteiger partial charge in [-0.25, -0.2) is 29.3 Å². The van der Waals surface area contributed by atoms with Gasteiger partial charge in [-0.05, 0) is 12.1 Å². The molecule has 0 bridgehead atoms. The molecule has 0 atom stereocenters. The number of aromatic amines is 3. The first kappa shape index (κ1) is 21.7. The van der Waals surface area contributed by atoms with E-state index in [1.807, 2.05) is 0 Å². The molecule has 0 amide bonds. The summed E-state index contributed by atoms with van der Waals surface area (Å²) in [4.78, 5) is 59.8. The molecular formula is C18H12N8O8. The van der Waals surface area contributed by atoms with Crippen LogP contribution in [-0.4, -0.2) is 34.8 Å². The highest BCUT2D eigenvalue weighted by molar-refractivity contribution is 5.71. The van der Waals surface area contributed by atoms with Crippen molar-refractivity contribution in [3.05, 3.63) is 84.6 Å². The van der Waals surface area contributed by atoms with E-state index < -0.39 is 22.2 Å². The fourth-order valence-corrected chi connectivity index (χ4v) is 2.57. The largest absolute Gasteiger partial charge is 0.418 e. The number of nitrogens with one attached hydrogen (secondary N) is 3. The van der Waals surface area contributed by atoms with Crippen LogP contribution in [0.4, 0.5) is 11.4 Å². The minimum Gasteiger partial charge on any atom is -0.406 e. The van der Waals surface area contributed by atoms with Crippen LogP contribution in [0.2, 0.25) is 0 Å². The molecule has 0 spiro atoms. The second-order valence-corrected chi connectivity index (χ2v) is 6.31. The molecule has 6 heterocycles. The van der Waals surface area contributed by atoms with E-state index in [1.54, 1.807) is 24.4 Å². The second kappa shape index (κ2) is 8.91. The Morgan fingerprint density at radius 2 is 1.32 bits per heavy atom. The molecule has 16 nitrogen and oxygen atoms in total. The van der Waals surface area contributed by atoms with E-state index in [9.17, 15) is 24.5 Å². The summed E-state index contributed by atoms with van der Waals surface area (Å²) in [6, 6.07) is 6.07. The van der Waals surface area contributed by atoms with Crippen LogP contribution in [-0.2, 0) is 0 Å². The maximum Gasteiger partial charge on any atom is 0.418 e. The molecule has 6 aromatic rings. The average Bonchev–Trinajstić information content (AvgIpc) is 3.47. The summed E-state index contributed by atoms with van der Waals surface area (Å²) >= 11 is 0. The number of aromatic nitrogens is 6. The highest BCUT2D eigenvalue weighted by Gasteiger charge is 2.10. The molecule has 6 rings (SSSR count). The average molecular weight is 468 g/mol. The molecule has 0 saturated carbocycles. The zero-order valence-corrected chi connectivity index (χ0v) is 16.7. The lowest BCUT2D eigenvalue weighted by Gasteiger charge is -1.87. The number of nitrogens with two attached hydrogens (primary N) is 1. The minimum atomic E-state index is -0.678. The Labute approximate surface area is 184 Å². The van der Waals surface area contributed by atoms with Crippen molar-refractivity contribution < 1.29 is 18.2 Å². The van der Waals surface area contributed by atoms with Gasteiger partial charge in [0.25, 0.3) is 5.69 Å². The molecule has 0 radical (unpaired) electrons. The Balaban J connectivity index is 0.000000122. The van der Waals surface area contributed by atoms with Gasteiger partial charge in [0.15, 0.2) is 33.7 Å². The number of oxazole rings is 3. The second-order valence-electron chi connectivity index (χ2n) is 6.31. The number of hydrogen-bond acceptors (Lipinski definition) is 12. The van der Waals surface area contributed by atoms with E-state index in [-0.39, 0.29) is 16.9 Å². The fraction of sp³-hybridized carbons (Fsp3) is 0. The molecule has 0 fully saturated rings. The number of pyridine rings is 3. The summed E-state index contributed by atoms with van der Waals surface area (Å²) in [5.41, 5.74) is 7.73. The normalized spacial score (nSPS) is 10.5. The maximum atomic E-state index is 10.6. The van der Waals surface area contributed by atoms with E-state index in [4.69, 9.17) is 14.6 Å². The molecule has 172 valence electrons. The number of nitrogen functional groups attached to an aromatic ring is 1. The highest BCUT2D eigenvalue weighted by atomic mass is 16.6. The number of H-pyrrole nitrogens is 3. The standard InChI is InChI=1S/C6H3N3O4.C6H5N3O2.C6H4N2O2/c10-6-8-5-4(13-6)1-3(2-7-5)9(11)12;7-3-1-4-5(8-2-3)9-6(10)11-4;9-6-8-5-4(10-6)2-1-3-7-5/h1-2H,(H,7,8,10);1-2H,7H2,(H,8,9,10);1-3H,(H,7,8,9). The molecule has 34 heavy (non-hydrogen) atoms. The van der Waals surface area contributed by atoms with Gasteiger partial charge in [0.2, 0.25) is 0 Å². The van der Waals surface area contributed by atoms with Crippen molar-refractivity contribution in [2.45, 2.75) is 0 Å². The van der Waals surface area contributed by atoms with Crippen molar-refractivity contribution in [2.75, 3.05) is 5.73 Å². The van der Waals surface area contributed by atoms with Gasteiger partial charge in [0.1, 0.15) is 6.20 Å². The first-order valence-electron chi connectivity index (χ1n) is 9.10. The Morgan fingerprint density at radius 1 is 0.794 bits per heavy atom. The van der Waals surface area contributed by atoms with Crippen molar-refractivity contribution >= 4 is 45.1 Å². The lowest BCUT2D eigenvalue weighted by molar-refractivity contribution is -0.385. The van der Waals surface area contributed by atoms with Crippen LogP contribution in [0.25, 0.3) is 33.7 Å². The number of anilines is 1. The van der Waals surface area contributed by atoms with Crippen LogP contribution < -0.4 is 23.0 Å². The Hall–Kier alpha value is -5.54. The van der Waals surface area contributed by atoms with E-state index >= 15 is 0 Å². The highest BCUT2D eigenvalue weighted by Crippen LogP contribution is 2.14. The first-order valence-corrected chi connectivity index (χ1v) is 9.10. The molecule has 6 aromatic heterocycles. The van der Waals surface area contributed by atoms with Crippen molar-refractivity contribution in [2.24, 2.45) is 0 Å². The molecule has 0 aliphatic rings. The Morgan fingerprint density at radius 3 is 1.91 bits per heavy atom. The molecule has 0 saturated heterocycles. The van der Waals surface area contributed by atoms with Gasteiger partial charge in [0.05, 0.1) is 22.9 Å². The van der Waals surface area contributed by atoms with E-state index in [1.165, 1.54) is 6.20 Å². The molecule has 5 N–H and O–H groups in total. The number of hydrogen-bond donors (Lipinski definition) is 4. The van der Waals surface area contributed by atoms with Crippen molar-refractivity contribution in [1.29, 1.82) is 0 Å². The third-order valence-corrected chi connectivity index (χ3v) is 3.96. The van der Waals surface area contributed by atoms with E-state index in [0.717, 1.165) is 12.3 Å². The number of nitrogens with zero attached hydrogens (tertiary/aromatic N) is 4. The molecule has 0 unspecified atom stereocenters. The number of fused-ring (bicyclic) bond motifs is 3. The fourth-order valence-electron chi connectivity index (χ4n) is 2.57. The van der Waals surface area contributed by atoms with Gasteiger partial charge in [-0.15, -0.1) is 0 Å². The van der Waals surface area contributed by atoms with Crippen molar-refractivity contribution in [1.82, 2.24) is 29.9 Å². The van der Waals surface area contributed by atoms with Gasteiger partial charge >= 0.3 is 17.3 Å². The van der Waals surface area contributed by atoms with Gasteiger partial charge < -0.3 is 19.0 Å². The minimum absolute atomic E-state index is 0.0826. The Kier molecular flexibility index (Phi) is 5.68. The van der Waals surface area contributed by atoms with E-state index in [2.05, 4.69) is 34.3 Å². The van der Waals surface area contributed by atoms with Crippen LogP contribution in [0, 0.1) is 10.1 Å². The molecule has 0 aliphatic heterocycles. The Bertz CT molecular complexity index is 1750. The summed E-state index contributed by atoms with van der Waals surface area (Å²) in [5.74, 6) is -1.66. The predicted molar refractivity (Wildman–Crippen MR) is 115 cm³/mol. The third kappa shape index (κ3) is 4.85. The zero-order valence-electron chi connectivity index (χ0n) is 16.7. The summed E-state index contributed by atoms with van der Waals surface area (Å²) < 4.78 is 14.0. The van der Waals surface area contributed by atoms with Crippen LogP contribution >= 0.6 is 0 Å². The van der Waals surface area contributed by atoms with Crippen LogP contribution in [0.15, 0.2) is 70.5 Å².